The minimum atomic E-state index is 0.217. The molecule has 1 aliphatic heterocycles. The van der Waals surface area contributed by atoms with Gasteiger partial charge in [-0.3, -0.25) is 0 Å². The van der Waals surface area contributed by atoms with Crippen LogP contribution >= 0.6 is 0 Å². The molecule has 0 aliphatic carbocycles. The second-order valence-corrected chi connectivity index (χ2v) is 5.42. The summed E-state index contributed by atoms with van der Waals surface area (Å²) < 4.78 is 11.0. The molecule has 0 spiro atoms. The van der Waals surface area contributed by atoms with Crippen LogP contribution in [0.15, 0.2) is 36.4 Å². The first-order valence-corrected chi connectivity index (χ1v) is 7.28. The minimum Gasteiger partial charge on any atom is -0.493 e. The lowest BCUT2D eigenvalue weighted by Crippen LogP contribution is -2.30. The molecule has 0 aromatic heterocycles. The van der Waals surface area contributed by atoms with E-state index in [-0.39, 0.29) is 6.04 Å². The minimum absolute atomic E-state index is 0.217. The summed E-state index contributed by atoms with van der Waals surface area (Å²) in [5.41, 5.74) is 5.10. The van der Waals surface area contributed by atoms with Gasteiger partial charge in [0.1, 0.15) is 0 Å². The fourth-order valence-electron chi connectivity index (χ4n) is 3.04. The summed E-state index contributed by atoms with van der Waals surface area (Å²) in [5.74, 6) is 1.68. The van der Waals surface area contributed by atoms with Crippen molar-refractivity contribution in [3.63, 3.8) is 0 Å². The SMILES string of the molecule is COc1ccc2c(c1OC)CCNC2c1ccc(C)cc1. The van der Waals surface area contributed by atoms with Gasteiger partial charge >= 0.3 is 0 Å². The third-order valence-electron chi connectivity index (χ3n) is 4.13. The lowest BCUT2D eigenvalue weighted by Gasteiger charge is -2.29. The number of rotatable bonds is 3. The molecule has 21 heavy (non-hydrogen) atoms. The van der Waals surface area contributed by atoms with Gasteiger partial charge in [0.05, 0.1) is 20.3 Å². The molecule has 0 fully saturated rings. The molecule has 3 nitrogen and oxygen atoms in total. The number of fused-ring (bicyclic) bond motifs is 1. The van der Waals surface area contributed by atoms with Crippen LogP contribution in [0.4, 0.5) is 0 Å². The van der Waals surface area contributed by atoms with Crippen LogP contribution in [-0.4, -0.2) is 20.8 Å². The van der Waals surface area contributed by atoms with Crippen molar-refractivity contribution >= 4 is 0 Å². The van der Waals surface area contributed by atoms with Gasteiger partial charge in [0, 0.05) is 12.1 Å². The second kappa shape index (κ2) is 5.78. The number of ether oxygens (including phenoxy) is 2. The third-order valence-corrected chi connectivity index (χ3v) is 4.13. The normalized spacial score (nSPS) is 17.2. The lowest BCUT2D eigenvalue weighted by molar-refractivity contribution is 0.348. The molecule has 1 unspecified atom stereocenters. The predicted molar refractivity (Wildman–Crippen MR) is 84.3 cm³/mol. The predicted octanol–water partition coefficient (Wildman–Crippen LogP) is 3.25. The van der Waals surface area contributed by atoms with Crippen molar-refractivity contribution in [3.05, 3.63) is 58.7 Å². The molecule has 1 N–H and O–H groups in total. The van der Waals surface area contributed by atoms with E-state index in [1.165, 1.54) is 22.3 Å². The van der Waals surface area contributed by atoms with Crippen molar-refractivity contribution in [2.75, 3.05) is 20.8 Å². The Morgan fingerprint density at radius 3 is 2.43 bits per heavy atom. The van der Waals surface area contributed by atoms with Crippen LogP contribution < -0.4 is 14.8 Å². The van der Waals surface area contributed by atoms with Crippen LogP contribution in [0.5, 0.6) is 11.5 Å². The Morgan fingerprint density at radius 2 is 1.76 bits per heavy atom. The van der Waals surface area contributed by atoms with Gasteiger partial charge in [-0.05, 0) is 30.5 Å². The summed E-state index contributed by atoms with van der Waals surface area (Å²) >= 11 is 0. The van der Waals surface area contributed by atoms with Crippen LogP contribution in [0, 0.1) is 6.92 Å². The van der Waals surface area contributed by atoms with Gasteiger partial charge in [-0.25, -0.2) is 0 Å². The molecular formula is C18H21NO2. The number of aryl methyl sites for hydroxylation is 1. The maximum absolute atomic E-state index is 5.59. The van der Waals surface area contributed by atoms with Crippen molar-refractivity contribution in [2.45, 2.75) is 19.4 Å². The van der Waals surface area contributed by atoms with Crippen molar-refractivity contribution in [3.8, 4) is 11.5 Å². The number of hydrogen-bond acceptors (Lipinski definition) is 3. The highest BCUT2D eigenvalue weighted by molar-refractivity contribution is 5.54. The molecule has 1 aliphatic rings. The van der Waals surface area contributed by atoms with Crippen LogP contribution in [0.25, 0.3) is 0 Å². The molecule has 3 rings (SSSR count). The van der Waals surface area contributed by atoms with Crippen LogP contribution in [0.2, 0.25) is 0 Å². The van der Waals surface area contributed by atoms with Crippen molar-refractivity contribution in [2.24, 2.45) is 0 Å². The van der Waals surface area contributed by atoms with E-state index < -0.39 is 0 Å². The number of nitrogens with one attached hydrogen (secondary N) is 1. The Kier molecular flexibility index (Phi) is 3.84. The monoisotopic (exact) mass is 283 g/mol. The Hall–Kier alpha value is -2.00. The molecule has 2 aromatic carbocycles. The third kappa shape index (κ3) is 2.49. The highest BCUT2D eigenvalue weighted by atomic mass is 16.5. The molecule has 0 radical (unpaired) electrons. The van der Waals surface area contributed by atoms with Crippen molar-refractivity contribution < 1.29 is 9.47 Å². The van der Waals surface area contributed by atoms with Crippen LogP contribution in [0.1, 0.15) is 28.3 Å². The number of hydrogen-bond donors (Lipinski definition) is 1. The molecule has 0 bridgehead atoms. The standard InChI is InChI=1S/C18H21NO2/c1-12-4-6-13(7-5-12)17-14-8-9-16(20-2)18(21-3)15(14)10-11-19-17/h4-9,17,19H,10-11H2,1-3H3. The van der Waals surface area contributed by atoms with Gasteiger partial charge in [0.25, 0.3) is 0 Å². The summed E-state index contributed by atoms with van der Waals surface area (Å²) in [6, 6.07) is 13.1. The molecule has 0 amide bonds. The first kappa shape index (κ1) is 14.0. The Balaban J connectivity index is 2.08. The summed E-state index contributed by atoms with van der Waals surface area (Å²) in [4.78, 5) is 0. The quantitative estimate of drug-likeness (QED) is 0.938. The Labute approximate surface area is 125 Å². The molecule has 2 aromatic rings. The fraction of sp³-hybridized carbons (Fsp3) is 0.333. The maximum atomic E-state index is 5.59. The molecule has 1 atom stereocenters. The van der Waals surface area contributed by atoms with E-state index >= 15 is 0 Å². The van der Waals surface area contributed by atoms with E-state index in [0.717, 1.165) is 24.5 Å². The molecule has 1 heterocycles. The van der Waals surface area contributed by atoms with Gasteiger partial charge < -0.3 is 14.8 Å². The fourth-order valence-corrected chi connectivity index (χ4v) is 3.04. The molecule has 0 saturated heterocycles. The van der Waals surface area contributed by atoms with Gasteiger partial charge in [0.2, 0.25) is 0 Å². The highest BCUT2D eigenvalue weighted by Crippen LogP contribution is 2.39. The zero-order valence-corrected chi connectivity index (χ0v) is 12.8. The van der Waals surface area contributed by atoms with Gasteiger partial charge in [-0.2, -0.15) is 0 Å². The largest absolute Gasteiger partial charge is 0.493 e. The van der Waals surface area contributed by atoms with Crippen LogP contribution in [-0.2, 0) is 6.42 Å². The summed E-state index contributed by atoms with van der Waals surface area (Å²) in [5, 5.41) is 3.60. The van der Waals surface area contributed by atoms with Gasteiger partial charge in [-0.15, -0.1) is 0 Å². The highest BCUT2D eigenvalue weighted by Gasteiger charge is 2.25. The van der Waals surface area contributed by atoms with Crippen molar-refractivity contribution in [1.29, 1.82) is 0 Å². The maximum Gasteiger partial charge on any atom is 0.164 e. The van der Waals surface area contributed by atoms with Gasteiger partial charge in [0.15, 0.2) is 11.5 Å². The van der Waals surface area contributed by atoms with E-state index in [0.29, 0.717) is 0 Å². The molecule has 3 heteroatoms. The first-order valence-electron chi connectivity index (χ1n) is 7.28. The number of benzene rings is 2. The van der Waals surface area contributed by atoms with E-state index in [2.05, 4.69) is 42.6 Å². The molecule has 0 saturated carbocycles. The average Bonchev–Trinajstić information content (AvgIpc) is 2.53. The zero-order chi connectivity index (χ0) is 14.8. The Bertz CT molecular complexity index is 634. The summed E-state index contributed by atoms with van der Waals surface area (Å²) in [6.45, 7) is 3.05. The average molecular weight is 283 g/mol. The van der Waals surface area contributed by atoms with E-state index in [1.54, 1.807) is 14.2 Å². The molecule has 110 valence electrons. The summed E-state index contributed by atoms with van der Waals surface area (Å²) in [6.07, 6.45) is 0.956. The summed E-state index contributed by atoms with van der Waals surface area (Å²) in [7, 11) is 3.39. The molecular weight excluding hydrogens is 262 g/mol. The van der Waals surface area contributed by atoms with Crippen LogP contribution in [0.3, 0.4) is 0 Å². The van der Waals surface area contributed by atoms with E-state index in [9.17, 15) is 0 Å². The lowest BCUT2D eigenvalue weighted by atomic mass is 9.88. The first-order chi connectivity index (χ1) is 10.2. The Morgan fingerprint density at radius 1 is 1.00 bits per heavy atom. The van der Waals surface area contributed by atoms with Gasteiger partial charge in [-0.1, -0.05) is 35.9 Å². The van der Waals surface area contributed by atoms with E-state index in [4.69, 9.17) is 9.47 Å². The smallest absolute Gasteiger partial charge is 0.164 e. The zero-order valence-electron chi connectivity index (χ0n) is 12.8. The topological polar surface area (TPSA) is 30.5 Å². The van der Waals surface area contributed by atoms with E-state index in [1.807, 2.05) is 6.07 Å². The van der Waals surface area contributed by atoms with Crippen molar-refractivity contribution in [1.82, 2.24) is 5.32 Å². The number of methoxy groups -OCH3 is 2. The second-order valence-electron chi connectivity index (χ2n) is 5.42.